The van der Waals surface area contributed by atoms with E-state index < -0.39 is 28.5 Å². The van der Waals surface area contributed by atoms with E-state index >= 15 is 0 Å². The number of nitrogens with zero attached hydrogens (tertiary/aromatic N) is 2. The lowest BCUT2D eigenvalue weighted by Crippen LogP contribution is -2.53. The summed E-state index contributed by atoms with van der Waals surface area (Å²) in [6, 6.07) is 19.2. The van der Waals surface area contributed by atoms with Crippen LogP contribution in [0.4, 0.5) is 5.69 Å². The van der Waals surface area contributed by atoms with Gasteiger partial charge in [0.15, 0.2) is 11.5 Å². The van der Waals surface area contributed by atoms with Gasteiger partial charge in [-0.1, -0.05) is 49.6 Å². The molecule has 3 aromatic carbocycles. The number of carbonyl (C=O) groups excluding carboxylic acids is 2. The maximum atomic E-state index is 14.2. The standard InChI is InChI=1S/C33H39N3O7S/c1-24(33(38)34-26-9-5-3-6-10-26)35(22-25-13-16-28(41-2)17-14-25)32(37)23-36(44(39,40)29-11-7-4-8-12-29)27-15-18-30-31(21-27)43-20-19-42-30/h4,7-8,11-18,21,24,26H,3,5-6,9-10,19-20,22-23H2,1-2H3,(H,34,38)/t24-/m0/s1. The van der Waals surface area contributed by atoms with Gasteiger partial charge in [-0.3, -0.25) is 13.9 Å². The maximum absolute atomic E-state index is 14.2. The Morgan fingerprint density at radius 2 is 1.61 bits per heavy atom. The Hall–Kier alpha value is -4.25. The van der Waals surface area contributed by atoms with Gasteiger partial charge >= 0.3 is 0 Å². The minimum atomic E-state index is -4.19. The van der Waals surface area contributed by atoms with Crippen molar-refractivity contribution < 1.29 is 32.2 Å². The van der Waals surface area contributed by atoms with Crippen molar-refractivity contribution in [2.45, 2.75) is 62.6 Å². The molecule has 2 aliphatic rings. The molecule has 1 aliphatic carbocycles. The number of sulfonamides is 1. The summed E-state index contributed by atoms with van der Waals surface area (Å²) in [6.45, 7) is 1.96. The summed E-state index contributed by atoms with van der Waals surface area (Å²) >= 11 is 0. The lowest BCUT2D eigenvalue weighted by Gasteiger charge is -2.33. The smallest absolute Gasteiger partial charge is 0.264 e. The van der Waals surface area contributed by atoms with Crippen molar-refractivity contribution >= 4 is 27.5 Å². The number of fused-ring (bicyclic) bond motifs is 1. The quantitative estimate of drug-likeness (QED) is 0.335. The third kappa shape index (κ3) is 7.27. The van der Waals surface area contributed by atoms with Crippen molar-refractivity contribution in [3.8, 4) is 17.2 Å². The lowest BCUT2D eigenvalue weighted by molar-refractivity contribution is -0.139. The van der Waals surface area contributed by atoms with Gasteiger partial charge in [-0.15, -0.1) is 0 Å². The van der Waals surface area contributed by atoms with E-state index in [4.69, 9.17) is 14.2 Å². The Balaban J connectivity index is 1.47. The number of nitrogens with one attached hydrogen (secondary N) is 1. The van der Waals surface area contributed by atoms with E-state index in [2.05, 4.69) is 5.32 Å². The van der Waals surface area contributed by atoms with Gasteiger partial charge in [0.25, 0.3) is 10.0 Å². The van der Waals surface area contributed by atoms with Crippen LogP contribution in [-0.2, 0) is 26.2 Å². The van der Waals surface area contributed by atoms with Crippen molar-refractivity contribution in [3.05, 3.63) is 78.4 Å². The maximum Gasteiger partial charge on any atom is 0.264 e. The summed E-state index contributed by atoms with van der Waals surface area (Å²) in [7, 11) is -2.62. The number of hydrogen-bond acceptors (Lipinski definition) is 7. The summed E-state index contributed by atoms with van der Waals surface area (Å²) in [4.78, 5) is 29.2. The number of ether oxygens (including phenoxy) is 3. The molecule has 1 saturated carbocycles. The van der Waals surface area contributed by atoms with Crippen molar-refractivity contribution in [3.63, 3.8) is 0 Å². The number of rotatable bonds is 11. The van der Waals surface area contributed by atoms with E-state index in [-0.39, 0.29) is 29.1 Å². The van der Waals surface area contributed by atoms with Crippen LogP contribution in [0, 0.1) is 0 Å². The van der Waals surface area contributed by atoms with Crippen molar-refractivity contribution in [2.24, 2.45) is 0 Å². The van der Waals surface area contributed by atoms with Gasteiger partial charge in [-0.25, -0.2) is 8.42 Å². The minimum absolute atomic E-state index is 0.0347. The zero-order chi connectivity index (χ0) is 31.1. The SMILES string of the molecule is COc1ccc(CN(C(=O)CN(c2ccc3c(c2)OCCO3)S(=O)(=O)c2ccccc2)[C@@H](C)C(=O)NC2CCCCC2)cc1. The number of anilines is 1. The molecule has 44 heavy (non-hydrogen) atoms. The average molecular weight is 622 g/mol. The molecule has 0 radical (unpaired) electrons. The first-order valence-corrected chi connectivity index (χ1v) is 16.4. The zero-order valence-electron chi connectivity index (χ0n) is 25.1. The van der Waals surface area contributed by atoms with Crippen LogP contribution in [0.3, 0.4) is 0 Å². The number of benzene rings is 3. The fraction of sp³-hybridized carbons (Fsp3) is 0.394. The highest BCUT2D eigenvalue weighted by molar-refractivity contribution is 7.92. The van der Waals surface area contributed by atoms with Crippen LogP contribution in [-0.4, -0.2) is 64.1 Å². The molecule has 0 aromatic heterocycles. The fourth-order valence-electron chi connectivity index (χ4n) is 5.51. The Labute approximate surface area is 259 Å². The van der Waals surface area contributed by atoms with E-state index in [1.54, 1.807) is 62.6 Å². The molecule has 0 spiro atoms. The number of methoxy groups -OCH3 is 1. The Morgan fingerprint density at radius 1 is 0.932 bits per heavy atom. The van der Waals surface area contributed by atoms with E-state index in [9.17, 15) is 18.0 Å². The van der Waals surface area contributed by atoms with Gasteiger partial charge in [0.05, 0.1) is 17.7 Å². The summed E-state index contributed by atoms with van der Waals surface area (Å²) in [6.07, 6.45) is 5.05. The monoisotopic (exact) mass is 621 g/mol. The number of carbonyl (C=O) groups is 2. The Bertz CT molecular complexity index is 1540. The highest BCUT2D eigenvalue weighted by Crippen LogP contribution is 2.36. The Kier molecular flexibility index (Phi) is 9.94. The topological polar surface area (TPSA) is 114 Å². The molecule has 11 heteroatoms. The van der Waals surface area contributed by atoms with Crippen LogP contribution in [0.2, 0.25) is 0 Å². The van der Waals surface area contributed by atoms with Gasteiger partial charge in [0.2, 0.25) is 11.8 Å². The first kappa shape index (κ1) is 31.2. The van der Waals surface area contributed by atoms with Crippen LogP contribution < -0.4 is 23.8 Å². The third-order valence-corrected chi connectivity index (χ3v) is 9.84. The van der Waals surface area contributed by atoms with Crippen LogP contribution in [0.25, 0.3) is 0 Å². The second-order valence-corrected chi connectivity index (χ2v) is 12.9. The average Bonchev–Trinajstić information content (AvgIpc) is 3.06. The van der Waals surface area contributed by atoms with Gasteiger partial charge in [0, 0.05) is 18.7 Å². The van der Waals surface area contributed by atoms with Gasteiger partial charge in [0.1, 0.15) is 31.5 Å². The molecule has 1 fully saturated rings. The van der Waals surface area contributed by atoms with E-state index in [0.717, 1.165) is 42.0 Å². The van der Waals surface area contributed by atoms with Crippen LogP contribution in [0.1, 0.15) is 44.6 Å². The van der Waals surface area contributed by atoms with E-state index in [1.165, 1.54) is 17.0 Å². The van der Waals surface area contributed by atoms with Crippen molar-refractivity contribution in [2.75, 3.05) is 31.2 Å². The minimum Gasteiger partial charge on any atom is -0.497 e. The molecular weight excluding hydrogens is 582 g/mol. The van der Waals surface area contributed by atoms with Gasteiger partial charge in [-0.05, 0) is 61.7 Å². The second-order valence-electron chi connectivity index (χ2n) is 11.0. The van der Waals surface area contributed by atoms with Crippen LogP contribution >= 0.6 is 0 Å². The highest BCUT2D eigenvalue weighted by Gasteiger charge is 2.34. The normalized spacial score (nSPS) is 15.6. The molecule has 1 atom stereocenters. The van der Waals surface area contributed by atoms with Crippen molar-refractivity contribution in [1.29, 1.82) is 0 Å². The van der Waals surface area contributed by atoms with E-state index in [1.807, 2.05) is 12.1 Å². The molecule has 2 amide bonds. The second kappa shape index (κ2) is 14.0. The third-order valence-electron chi connectivity index (χ3n) is 8.05. The molecule has 0 saturated heterocycles. The summed E-state index contributed by atoms with van der Waals surface area (Å²) in [5.41, 5.74) is 1.02. The molecular formula is C33H39N3O7S. The molecule has 1 N–H and O–H groups in total. The summed E-state index contributed by atoms with van der Waals surface area (Å²) in [5.74, 6) is 0.757. The summed E-state index contributed by atoms with van der Waals surface area (Å²) in [5, 5.41) is 3.12. The molecule has 0 bridgehead atoms. The fourth-order valence-corrected chi connectivity index (χ4v) is 6.94. The van der Waals surface area contributed by atoms with Gasteiger partial charge < -0.3 is 24.4 Å². The van der Waals surface area contributed by atoms with E-state index in [0.29, 0.717) is 30.5 Å². The van der Waals surface area contributed by atoms with Crippen LogP contribution in [0.5, 0.6) is 17.2 Å². The van der Waals surface area contributed by atoms with Crippen molar-refractivity contribution in [1.82, 2.24) is 10.2 Å². The van der Waals surface area contributed by atoms with Crippen LogP contribution in [0.15, 0.2) is 77.7 Å². The predicted molar refractivity (Wildman–Crippen MR) is 166 cm³/mol. The first-order valence-electron chi connectivity index (χ1n) is 15.0. The first-order chi connectivity index (χ1) is 21.3. The largest absolute Gasteiger partial charge is 0.497 e. The molecule has 0 unspecified atom stereocenters. The molecule has 5 rings (SSSR count). The molecule has 234 valence electrons. The molecule has 1 aliphatic heterocycles. The molecule has 10 nitrogen and oxygen atoms in total. The zero-order valence-corrected chi connectivity index (χ0v) is 25.9. The molecule has 1 heterocycles. The predicted octanol–water partition coefficient (Wildman–Crippen LogP) is 4.53. The molecule has 3 aromatic rings. The van der Waals surface area contributed by atoms with Gasteiger partial charge in [-0.2, -0.15) is 0 Å². The Morgan fingerprint density at radius 3 is 2.30 bits per heavy atom. The summed E-state index contributed by atoms with van der Waals surface area (Å²) < 4.78 is 45.8. The number of amides is 2. The highest BCUT2D eigenvalue weighted by atomic mass is 32.2. The lowest BCUT2D eigenvalue weighted by atomic mass is 9.95. The number of hydrogen-bond donors (Lipinski definition) is 1.